The van der Waals surface area contributed by atoms with E-state index in [1.807, 2.05) is 0 Å². The Balaban J connectivity index is 0.00000520. The summed E-state index contributed by atoms with van der Waals surface area (Å²) in [5.41, 5.74) is -2.00. The van der Waals surface area contributed by atoms with Crippen LogP contribution < -0.4 is 43.9 Å². The maximum absolute atomic E-state index is 13.8. The van der Waals surface area contributed by atoms with E-state index in [1.165, 1.54) is 6.92 Å². The van der Waals surface area contributed by atoms with Crippen LogP contribution in [0.25, 0.3) is 22.3 Å². The molecule has 2 aliphatic heterocycles. The second kappa shape index (κ2) is 14.6. The zero-order chi connectivity index (χ0) is 34.5. The molecule has 0 aliphatic carbocycles. The van der Waals surface area contributed by atoms with Crippen molar-refractivity contribution in [2.75, 3.05) is 6.61 Å². The third-order valence-electron chi connectivity index (χ3n) is 7.47. The molecule has 2 saturated heterocycles. The van der Waals surface area contributed by atoms with E-state index in [-0.39, 0.29) is 35.1 Å². The molecule has 0 unspecified atom stereocenters. The molecule has 5 rings (SSSR count). The van der Waals surface area contributed by atoms with E-state index in [0.717, 1.165) is 24.3 Å². The molecule has 2 fully saturated rings. The van der Waals surface area contributed by atoms with Crippen molar-refractivity contribution < 1.29 is 116 Å². The van der Waals surface area contributed by atoms with Gasteiger partial charge in [-0.25, -0.2) is 8.42 Å². The normalized spacial score (nSPS) is 30.8. The minimum absolute atomic E-state index is 0. The van der Waals surface area contributed by atoms with Crippen molar-refractivity contribution >= 4 is 21.4 Å². The molecule has 48 heavy (non-hydrogen) atoms. The van der Waals surface area contributed by atoms with Crippen LogP contribution in [0, 0.1) is 0 Å². The number of aliphatic hydroxyl groups is 6. The Morgan fingerprint density at radius 2 is 1.48 bits per heavy atom. The van der Waals surface area contributed by atoms with Gasteiger partial charge in [0.05, 0.1) is 12.7 Å². The smallest absolute Gasteiger partial charge is 0.716 e. The maximum Gasteiger partial charge on any atom is 1.00 e. The molecule has 10 atom stereocenters. The minimum Gasteiger partial charge on any atom is -0.716 e. The van der Waals surface area contributed by atoms with Gasteiger partial charge >= 0.3 is 29.6 Å². The fourth-order valence-electron chi connectivity index (χ4n) is 5.00. The molecular formula is C27H29NaO19S. The van der Waals surface area contributed by atoms with Crippen molar-refractivity contribution in [3.05, 3.63) is 40.6 Å². The summed E-state index contributed by atoms with van der Waals surface area (Å²) in [6.45, 7) is 0.697. The predicted octanol–water partition coefficient (Wildman–Crippen LogP) is -5.55. The average molecular weight is 713 g/mol. The van der Waals surface area contributed by atoms with Gasteiger partial charge in [0.15, 0.2) is 29.3 Å². The molecule has 9 N–H and O–H groups in total. The second-order valence-corrected chi connectivity index (χ2v) is 11.7. The summed E-state index contributed by atoms with van der Waals surface area (Å²) in [6.07, 6.45) is -17.0. The number of aliphatic hydroxyl groups excluding tert-OH is 6. The fraction of sp³-hybridized carbons (Fsp3) is 0.444. The SMILES string of the molecule is C[C@@H]1O[C@@H](OC[C@H]2O[C@@H](Oc3c(-c4ccc(O)c(O)c4)oc4cc(O)cc(OS(=O)(=O)[O-])c4c3=O)[C@H](O)[C@@H](O)[C@@H]2O)[C@H](O)[C@H](O)[C@H]1O.[Na+]. The van der Waals surface area contributed by atoms with Gasteiger partial charge in [-0.2, -0.15) is 0 Å². The summed E-state index contributed by atoms with van der Waals surface area (Å²) in [5, 5.41) is 91.2. The first-order valence-corrected chi connectivity index (χ1v) is 15.0. The standard InChI is InChI=1S/C27H30O19S.Na/c1-8-17(31)20(34)22(36)26(42-8)41-7-15-18(32)21(35)23(37)27(44-15)45-25-19(33)16-13(5-10(28)6-14(16)46-47(38,39)40)43-24(25)9-2-3-11(29)12(30)4-9;/h2-6,8,15,17-18,20-23,26-32,34-37H,7H2,1H3,(H,38,39,40);/q;+1/p-1/t8-,15+,17-,18+,20+,21-,22+,23+,26+,27-;/m0./s1. The van der Waals surface area contributed by atoms with Crippen molar-refractivity contribution in [2.45, 2.75) is 68.3 Å². The largest absolute Gasteiger partial charge is 1.00 e. The molecule has 3 heterocycles. The van der Waals surface area contributed by atoms with Gasteiger partial charge < -0.3 is 78.1 Å². The number of aromatic hydroxyl groups is 3. The van der Waals surface area contributed by atoms with Crippen LogP contribution in [0.1, 0.15) is 6.92 Å². The number of hydrogen-bond acceptors (Lipinski definition) is 19. The Morgan fingerprint density at radius 1 is 0.833 bits per heavy atom. The van der Waals surface area contributed by atoms with E-state index in [1.54, 1.807) is 0 Å². The molecule has 0 amide bonds. The summed E-state index contributed by atoms with van der Waals surface area (Å²) in [4.78, 5) is 13.8. The molecule has 258 valence electrons. The third kappa shape index (κ3) is 7.66. The van der Waals surface area contributed by atoms with Gasteiger partial charge in [-0.3, -0.25) is 4.79 Å². The van der Waals surface area contributed by atoms with Gasteiger partial charge in [-0.15, -0.1) is 0 Å². The predicted molar refractivity (Wildman–Crippen MR) is 149 cm³/mol. The van der Waals surface area contributed by atoms with E-state index < -0.39 is 129 Å². The third-order valence-corrected chi connectivity index (χ3v) is 7.85. The minimum atomic E-state index is -5.51. The van der Waals surface area contributed by atoms with E-state index in [2.05, 4.69) is 4.18 Å². The molecule has 1 aromatic heterocycles. The number of rotatable bonds is 8. The molecule has 0 bridgehead atoms. The molecule has 19 nitrogen and oxygen atoms in total. The molecule has 0 saturated carbocycles. The van der Waals surface area contributed by atoms with Crippen LogP contribution in [0.5, 0.6) is 28.7 Å². The summed E-state index contributed by atoms with van der Waals surface area (Å²) in [7, 11) is -5.51. The Bertz CT molecular complexity index is 1800. The average Bonchev–Trinajstić information content (AvgIpc) is 2.99. The zero-order valence-corrected chi connectivity index (χ0v) is 27.7. The topological polar surface area (TPSA) is 316 Å². The summed E-state index contributed by atoms with van der Waals surface area (Å²) >= 11 is 0. The molecule has 0 radical (unpaired) electrons. The molecule has 2 aromatic carbocycles. The molecular weight excluding hydrogens is 683 g/mol. The number of ether oxygens (including phenoxy) is 4. The van der Waals surface area contributed by atoms with Crippen molar-refractivity contribution in [2.24, 2.45) is 0 Å². The van der Waals surface area contributed by atoms with E-state index >= 15 is 0 Å². The van der Waals surface area contributed by atoms with Crippen LogP contribution in [0.15, 0.2) is 39.5 Å². The van der Waals surface area contributed by atoms with E-state index in [0.29, 0.717) is 6.07 Å². The summed E-state index contributed by atoms with van der Waals surface area (Å²) in [5.74, 6) is -4.43. The number of benzene rings is 2. The summed E-state index contributed by atoms with van der Waals surface area (Å²) < 4.78 is 66.1. The summed E-state index contributed by atoms with van der Waals surface area (Å²) in [6, 6.07) is 4.53. The van der Waals surface area contributed by atoms with Gasteiger partial charge in [0.1, 0.15) is 59.4 Å². The monoisotopic (exact) mass is 712 g/mol. The first-order chi connectivity index (χ1) is 22.0. The number of phenolic OH excluding ortho intramolecular Hbond substituents is 3. The van der Waals surface area contributed by atoms with Gasteiger partial charge in [0.25, 0.3) is 10.4 Å². The van der Waals surface area contributed by atoms with Crippen molar-refractivity contribution in [3.63, 3.8) is 0 Å². The number of fused-ring (bicyclic) bond motifs is 1. The Labute approximate surface area is 291 Å². The second-order valence-electron chi connectivity index (χ2n) is 10.7. The quantitative estimate of drug-likeness (QED) is 0.0455. The first-order valence-electron chi connectivity index (χ1n) is 13.7. The Morgan fingerprint density at radius 3 is 2.12 bits per heavy atom. The van der Waals surface area contributed by atoms with Gasteiger partial charge in [0.2, 0.25) is 17.5 Å². The van der Waals surface area contributed by atoms with Crippen LogP contribution in [0.3, 0.4) is 0 Å². The van der Waals surface area contributed by atoms with Gasteiger partial charge in [0, 0.05) is 17.7 Å². The zero-order valence-electron chi connectivity index (χ0n) is 24.9. The number of hydrogen-bond donors (Lipinski definition) is 9. The van der Waals surface area contributed by atoms with Crippen LogP contribution in [-0.2, 0) is 24.6 Å². The maximum atomic E-state index is 13.8. The fourth-order valence-corrected chi connectivity index (χ4v) is 5.35. The van der Waals surface area contributed by atoms with Crippen LogP contribution in [0.2, 0.25) is 0 Å². The molecule has 2 aliphatic rings. The van der Waals surface area contributed by atoms with Crippen molar-refractivity contribution in [3.8, 4) is 40.1 Å². The Kier molecular flexibility index (Phi) is 11.6. The van der Waals surface area contributed by atoms with Crippen LogP contribution in [-0.4, -0.2) is 127 Å². The van der Waals surface area contributed by atoms with Crippen molar-refractivity contribution in [1.29, 1.82) is 0 Å². The van der Waals surface area contributed by atoms with E-state index in [4.69, 9.17) is 23.4 Å². The van der Waals surface area contributed by atoms with Crippen LogP contribution in [0.4, 0.5) is 0 Å². The van der Waals surface area contributed by atoms with E-state index in [9.17, 15) is 63.7 Å². The van der Waals surface area contributed by atoms with Crippen LogP contribution >= 0.6 is 0 Å². The van der Waals surface area contributed by atoms with Gasteiger partial charge in [-0.1, -0.05) is 0 Å². The number of phenols is 3. The Hall–Kier alpha value is -2.80. The molecule has 3 aromatic rings. The molecule has 21 heteroatoms. The molecule has 0 spiro atoms. The first kappa shape index (κ1) is 38.0. The van der Waals surface area contributed by atoms with Crippen molar-refractivity contribution in [1.82, 2.24) is 0 Å². The van der Waals surface area contributed by atoms with Gasteiger partial charge in [-0.05, 0) is 25.1 Å².